The Morgan fingerprint density at radius 3 is 2.74 bits per heavy atom. The summed E-state index contributed by atoms with van der Waals surface area (Å²) in [6.45, 7) is 6.14. The summed E-state index contributed by atoms with van der Waals surface area (Å²) in [4.78, 5) is 2.84. The van der Waals surface area contributed by atoms with Crippen molar-refractivity contribution in [2.45, 2.75) is 26.2 Å². The van der Waals surface area contributed by atoms with Gasteiger partial charge in [0.15, 0.2) is 0 Å². The van der Waals surface area contributed by atoms with Gasteiger partial charge >= 0.3 is 0 Å². The summed E-state index contributed by atoms with van der Waals surface area (Å²) >= 11 is 4.90. The Morgan fingerprint density at radius 2 is 2.21 bits per heavy atom. The van der Waals surface area contributed by atoms with Crippen LogP contribution in [0.25, 0.3) is 0 Å². The van der Waals surface area contributed by atoms with Gasteiger partial charge in [0.05, 0.1) is 11.2 Å². The molecule has 1 atom stereocenters. The van der Waals surface area contributed by atoms with Crippen molar-refractivity contribution in [2.75, 3.05) is 39.0 Å². The van der Waals surface area contributed by atoms with Gasteiger partial charge in [-0.1, -0.05) is 19.1 Å². The van der Waals surface area contributed by atoms with E-state index in [1.165, 1.54) is 6.26 Å². The second-order valence-electron chi connectivity index (χ2n) is 5.24. The van der Waals surface area contributed by atoms with Crippen molar-refractivity contribution in [1.82, 2.24) is 9.21 Å². The number of thiocarbonyl (C=S) groups is 1. The van der Waals surface area contributed by atoms with Gasteiger partial charge in [-0.15, -0.1) is 0 Å². The molecule has 0 aromatic carbocycles. The van der Waals surface area contributed by atoms with E-state index in [9.17, 15) is 8.42 Å². The zero-order valence-electron chi connectivity index (χ0n) is 11.8. The average Bonchev–Trinajstić information content (AvgIpc) is 2.33. The van der Waals surface area contributed by atoms with E-state index in [4.69, 9.17) is 18.0 Å². The van der Waals surface area contributed by atoms with Gasteiger partial charge in [-0.3, -0.25) is 0 Å². The molecule has 1 heterocycles. The van der Waals surface area contributed by atoms with Crippen LogP contribution in [0.1, 0.15) is 26.2 Å². The number of sulfonamides is 1. The van der Waals surface area contributed by atoms with Crippen LogP contribution in [0.2, 0.25) is 0 Å². The van der Waals surface area contributed by atoms with Crippen molar-refractivity contribution < 1.29 is 8.42 Å². The predicted molar refractivity (Wildman–Crippen MR) is 82.7 cm³/mol. The maximum absolute atomic E-state index is 11.6. The highest BCUT2D eigenvalue weighted by Crippen LogP contribution is 2.19. The highest BCUT2D eigenvalue weighted by atomic mass is 32.2. The van der Waals surface area contributed by atoms with Crippen molar-refractivity contribution in [2.24, 2.45) is 11.7 Å². The molecule has 1 aliphatic rings. The van der Waals surface area contributed by atoms with Crippen LogP contribution in [0, 0.1) is 5.92 Å². The van der Waals surface area contributed by atoms with E-state index in [-0.39, 0.29) is 0 Å². The molecule has 1 aliphatic heterocycles. The monoisotopic (exact) mass is 307 g/mol. The molecular formula is C12H25N3O2S2. The number of hydrogen-bond acceptors (Lipinski definition) is 4. The molecule has 0 aromatic heterocycles. The second kappa shape index (κ2) is 7.52. The summed E-state index contributed by atoms with van der Waals surface area (Å²) in [5.41, 5.74) is 5.52. The number of nitrogens with zero attached hydrogens (tertiary/aromatic N) is 2. The van der Waals surface area contributed by atoms with E-state index in [1.54, 1.807) is 4.31 Å². The first-order valence-corrected chi connectivity index (χ1v) is 9.04. The van der Waals surface area contributed by atoms with Crippen LogP contribution in [0.3, 0.4) is 0 Å². The van der Waals surface area contributed by atoms with Gasteiger partial charge in [-0.2, -0.15) is 0 Å². The summed E-state index contributed by atoms with van der Waals surface area (Å²) in [7, 11) is -3.05. The van der Waals surface area contributed by atoms with Gasteiger partial charge in [0.2, 0.25) is 10.0 Å². The van der Waals surface area contributed by atoms with Gasteiger partial charge in [0.25, 0.3) is 0 Å². The van der Waals surface area contributed by atoms with E-state index >= 15 is 0 Å². The molecule has 0 saturated carbocycles. The lowest BCUT2D eigenvalue weighted by Gasteiger charge is -2.34. The molecule has 1 rings (SSSR count). The topological polar surface area (TPSA) is 66.6 Å². The van der Waals surface area contributed by atoms with Crippen LogP contribution in [-0.2, 0) is 10.0 Å². The van der Waals surface area contributed by atoms with Crippen LogP contribution in [0.15, 0.2) is 0 Å². The normalized spacial score (nSPS) is 21.7. The van der Waals surface area contributed by atoms with Crippen molar-refractivity contribution in [3.63, 3.8) is 0 Å². The molecule has 5 nitrogen and oxygen atoms in total. The largest absolute Gasteiger partial charge is 0.393 e. The van der Waals surface area contributed by atoms with Crippen LogP contribution in [0.4, 0.5) is 0 Å². The highest BCUT2D eigenvalue weighted by molar-refractivity contribution is 7.88. The van der Waals surface area contributed by atoms with Gasteiger partial charge in [-0.25, -0.2) is 12.7 Å². The molecule has 19 heavy (non-hydrogen) atoms. The maximum atomic E-state index is 11.6. The molecule has 0 bridgehead atoms. The Hall–Kier alpha value is -0.240. The van der Waals surface area contributed by atoms with Gasteiger partial charge in [-0.05, 0) is 25.3 Å². The predicted octanol–water partition coefficient (Wildman–Crippen LogP) is 0.656. The number of hydrogen-bond donors (Lipinski definition) is 1. The first kappa shape index (κ1) is 16.8. The first-order chi connectivity index (χ1) is 8.82. The minimum Gasteiger partial charge on any atom is -0.393 e. The van der Waals surface area contributed by atoms with Crippen molar-refractivity contribution in [1.29, 1.82) is 0 Å². The number of nitrogens with two attached hydrogens (primary N) is 1. The fourth-order valence-electron chi connectivity index (χ4n) is 2.49. The lowest BCUT2D eigenvalue weighted by atomic mass is 9.99. The van der Waals surface area contributed by atoms with E-state index in [0.29, 0.717) is 24.0 Å². The number of rotatable bonds is 7. The minimum absolute atomic E-state index is 0.412. The third kappa shape index (κ3) is 6.16. The number of piperidine rings is 1. The quantitative estimate of drug-likeness (QED) is 0.700. The molecule has 1 saturated heterocycles. The Balaban J connectivity index is 2.48. The van der Waals surface area contributed by atoms with E-state index in [2.05, 4.69) is 11.8 Å². The lowest BCUT2D eigenvalue weighted by Crippen LogP contribution is -2.43. The Bertz CT molecular complexity index is 398. The maximum Gasteiger partial charge on any atom is 0.211 e. The third-order valence-corrected chi connectivity index (χ3v) is 5.06. The fourth-order valence-corrected chi connectivity index (χ4v) is 3.52. The van der Waals surface area contributed by atoms with Gasteiger partial charge in [0, 0.05) is 32.6 Å². The molecule has 0 aromatic rings. The molecule has 0 aliphatic carbocycles. The molecule has 0 radical (unpaired) electrons. The lowest BCUT2D eigenvalue weighted by molar-refractivity contribution is 0.186. The summed E-state index contributed by atoms with van der Waals surface area (Å²) in [6.07, 6.45) is 4.06. The Kier molecular flexibility index (Phi) is 6.65. The molecule has 1 fully saturated rings. The van der Waals surface area contributed by atoms with Crippen LogP contribution < -0.4 is 5.73 Å². The molecule has 7 heteroatoms. The fraction of sp³-hybridized carbons (Fsp3) is 0.917. The van der Waals surface area contributed by atoms with E-state index < -0.39 is 10.0 Å². The standard InChI is InChI=1S/C12H25N3O2S2/c1-3-14(8-6-12(13)18)9-11-5-4-7-15(10-11)19(2,16)17/h11H,3-10H2,1-2H3,(H2,13,18). The molecule has 0 spiro atoms. The van der Waals surface area contributed by atoms with Crippen molar-refractivity contribution in [3.8, 4) is 0 Å². The zero-order valence-corrected chi connectivity index (χ0v) is 13.5. The Morgan fingerprint density at radius 1 is 1.53 bits per heavy atom. The van der Waals surface area contributed by atoms with E-state index in [0.717, 1.165) is 38.9 Å². The first-order valence-electron chi connectivity index (χ1n) is 6.78. The second-order valence-corrected chi connectivity index (χ2v) is 7.75. The zero-order chi connectivity index (χ0) is 14.5. The summed E-state index contributed by atoms with van der Waals surface area (Å²) < 4.78 is 24.8. The minimum atomic E-state index is -3.05. The average molecular weight is 307 g/mol. The van der Waals surface area contributed by atoms with Crippen LogP contribution >= 0.6 is 12.2 Å². The molecule has 1 unspecified atom stereocenters. The highest BCUT2D eigenvalue weighted by Gasteiger charge is 2.26. The summed E-state index contributed by atoms with van der Waals surface area (Å²) in [5.74, 6) is 0.412. The van der Waals surface area contributed by atoms with Crippen LogP contribution in [0.5, 0.6) is 0 Å². The molecule has 0 amide bonds. The van der Waals surface area contributed by atoms with Gasteiger partial charge in [0.1, 0.15) is 0 Å². The molecule has 112 valence electrons. The van der Waals surface area contributed by atoms with Crippen molar-refractivity contribution in [3.05, 3.63) is 0 Å². The molecular weight excluding hydrogens is 282 g/mol. The Labute approximate surface area is 122 Å². The van der Waals surface area contributed by atoms with E-state index in [1.807, 2.05) is 0 Å². The van der Waals surface area contributed by atoms with Crippen molar-refractivity contribution >= 4 is 27.2 Å². The smallest absolute Gasteiger partial charge is 0.211 e. The summed E-state index contributed by atoms with van der Waals surface area (Å²) in [5, 5.41) is 0. The third-order valence-electron chi connectivity index (χ3n) is 3.59. The van der Waals surface area contributed by atoms with Crippen LogP contribution in [-0.4, -0.2) is 61.6 Å². The summed E-state index contributed by atoms with van der Waals surface area (Å²) in [6, 6.07) is 0. The van der Waals surface area contributed by atoms with Gasteiger partial charge < -0.3 is 10.6 Å². The molecule has 2 N–H and O–H groups in total. The SMILES string of the molecule is CCN(CCC(N)=S)CC1CCCN(S(C)(=O)=O)C1.